The van der Waals surface area contributed by atoms with E-state index in [1.54, 1.807) is 6.21 Å². The van der Waals surface area contributed by atoms with E-state index in [1.165, 1.54) is 0 Å². The van der Waals surface area contributed by atoms with Gasteiger partial charge in [0.05, 0.1) is 5.69 Å². The van der Waals surface area contributed by atoms with Crippen molar-refractivity contribution in [1.29, 1.82) is 0 Å². The SMILES string of the molecule is CC=Nc1ccc(Cl)cc1C. The number of hydrogen-bond acceptors (Lipinski definition) is 1. The third kappa shape index (κ3) is 2.05. The molecule has 0 amide bonds. The Labute approximate surface area is 71.7 Å². The molecule has 1 nitrogen and oxygen atoms in total. The van der Waals surface area contributed by atoms with Crippen LogP contribution in [0.25, 0.3) is 0 Å². The van der Waals surface area contributed by atoms with Gasteiger partial charge >= 0.3 is 0 Å². The van der Waals surface area contributed by atoms with Gasteiger partial charge in [0.25, 0.3) is 0 Å². The molecule has 2 heteroatoms. The second kappa shape index (κ2) is 3.54. The Bertz CT molecular complexity index is 279. The van der Waals surface area contributed by atoms with Crippen LogP contribution in [0.2, 0.25) is 5.02 Å². The van der Waals surface area contributed by atoms with E-state index >= 15 is 0 Å². The van der Waals surface area contributed by atoms with Crippen molar-refractivity contribution in [3.63, 3.8) is 0 Å². The predicted octanol–water partition coefficient (Wildman–Crippen LogP) is 3.37. The van der Waals surface area contributed by atoms with E-state index in [0.29, 0.717) is 0 Å². The van der Waals surface area contributed by atoms with Crippen LogP contribution in [-0.2, 0) is 0 Å². The molecule has 0 unspecified atom stereocenters. The van der Waals surface area contributed by atoms with Crippen molar-refractivity contribution in [3.8, 4) is 0 Å². The Kier molecular flexibility index (Phi) is 2.66. The van der Waals surface area contributed by atoms with Crippen LogP contribution in [0.15, 0.2) is 23.2 Å². The van der Waals surface area contributed by atoms with Gasteiger partial charge in [-0.05, 0) is 37.6 Å². The number of aliphatic imine (C=N–C) groups is 1. The average molecular weight is 168 g/mol. The molecule has 0 bridgehead atoms. The van der Waals surface area contributed by atoms with Gasteiger partial charge in [0.1, 0.15) is 0 Å². The molecule has 0 fully saturated rings. The molecule has 0 aliphatic rings. The molecule has 0 atom stereocenters. The monoisotopic (exact) mass is 167 g/mol. The fraction of sp³-hybridized carbons (Fsp3) is 0.222. The highest BCUT2D eigenvalue weighted by Crippen LogP contribution is 2.21. The molecule has 0 saturated heterocycles. The maximum absolute atomic E-state index is 5.77. The molecule has 0 aliphatic carbocycles. The molecule has 58 valence electrons. The predicted molar refractivity (Wildman–Crippen MR) is 50.0 cm³/mol. The molecule has 1 aromatic carbocycles. The first-order chi connectivity index (χ1) is 5.24. The van der Waals surface area contributed by atoms with E-state index in [-0.39, 0.29) is 0 Å². The zero-order valence-electron chi connectivity index (χ0n) is 6.63. The number of nitrogens with zero attached hydrogens (tertiary/aromatic N) is 1. The molecule has 1 aromatic rings. The smallest absolute Gasteiger partial charge is 0.0655 e. The molecule has 0 aromatic heterocycles. The fourth-order valence-electron chi connectivity index (χ4n) is 0.903. The van der Waals surface area contributed by atoms with Crippen LogP contribution in [0.4, 0.5) is 5.69 Å². The first-order valence-corrected chi connectivity index (χ1v) is 3.86. The van der Waals surface area contributed by atoms with Crippen LogP contribution in [0, 0.1) is 6.92 Å². The molecule has 1 rings (SSSR count). The molecular weight excluding hydrogens is 158 g/mol. The van der Waals surface area contributed by atoms with Crippen molar-refractivity contribution in [1.82, 2.24) is 0 Å². The Balaban J connectivity index is 3.09. The second-order valence-corrected chi connectivity index (χ2v) is 2.75. The maximum Gasteiger partial charge on any atom is 0.0655 e. The van der Waals surface area contributed by atoms with Crippen molar-refractivity contribution in [2.75, 3.05) is 0 Å². The average Bonchev–Trinajstić information content (AvgIpc) is 1.95. The first kappa shape index (κ1) is 8.28. The van der Waals surface area contributed by atoms with Crippen LogP contribution >= 0.6 is 11.6 Å². The summed E-state index contributed by atoms with van der Waals surface area (Å²) in [5.41, 5.74) is 2.09. The normalized spacial score (nSPS) is 10.8. The number of halogens is 1. The van der Waals surface area contributed by atoms with Gasteiger partial charge in [0.2, 0.25) is 0 Å². The minimum Gasteiger partial charge on any atom is -0.261 e. The highest BCUT2D eigenvalue weighted by atomic mass is 35.5. The number of hydrogen-bond donors (Lipinski definition) is 0. The zero-order valence-corrected chi connectivity index (χ0v) is 7.39. The first-order valence-electron chi connectivity index (χ1n) is 3.49. The summed E-state index contributed by atoms with van der Waals surface area (Å²) in [6.07, 6.45) is 1.77. The molecular formula is C9H10ClN. The lowest BCUT2D eigenvalue weighted by atomic mass is 10.2. The summed E-state index contributed by atoms with van der Waals surface area (Å²) in [5, 5.41) is 0.762. The summed E-state index contributed by atoms with van der Waals surface area (Å²) in [6.45, 7) is 3.89. The van der Waals surface area contributed by atoms with Crippen molar-refractivity contribution < 1.29 is 0 Å². The highest BCUT2D eigenvalue weighted by Gasteiger charge is 1.94. The van der Waals surface area contributed by atoms with E-state index in [4.69, 9.17) is 11.6 Å². The van der Waals surface area contributed by atoms with E-state index in [1.807, 2.05) is 32.0 Å². The van der Waals surface area contributed by atoms with Gasteiger partial charge < -0.3 is 0 Å². The van der Waals surface area contributed by atoms with Gasteiger partial charge in [-0.15, -0.1) is 0 Å². The third-order valence-electron chi connectivity index (χ3n) is 1.43. The van der Waals surface area contributed by atoms with Crippen LogP contribution in [0.1, 0.15) is 12.5 Å². The Hall–Kier alpha value is -0.820. The van der Waals surface area contributed by atoms with Gasteiger partial charge in [0, 0.05) is 11.2 Å². The van der Waals surface area contributed by atoms with Crippen molar-refractivity contribution >= 4 is 23.5 Å². The van der Waals surface area contributed by atoms with Gasteiger partial charge in [-0.3, -0.25) is 4.99 Å². The molecule has 0 N–H and O–H groups in total. The second-order valence-electron chi connectivity index (χ2n) is 2.32. The van der Waals surface area contributed by atoms with E-state index in [0.717, 1.165) is 16.3 Å². The van der Waals surface area contributed by atoms with Crippen molar-refractivity contribution in [2.24, 2.45) is 4.99 Å². The van der Waals surface area contributed by atoms with Crippen LogP contribution < -0.4 is 0 Å². The molecule has 0 aliphatic heterocycles. The van der Waals surface area contributed by atoms with Gasteiger partial charge in [0.15, 0.2) is 0 Å². The van der Waals surface area contributed by atoms with E-state index in [9.17, 15) is 0 Å². The lowest BCUT2D eigenvalue weighted by Gasteiger charge is -1.98. The van der Waals surface area contributed by atoms with Gasteiger partial charge in [-0.1, -0.05) is 11.6 Å². The molecule has 0 heterocycles. The third-order valence-corrected chi connectivity index (χ3v) is 1.66. The van der Waals surface area contributed by atoms with Gasteiger partial charge in [-0.2, -0.15) is 0 Å². The van der Waals surface area contributed by atoms with Crippen LogP contribution in [-0.4, -0.2) is 6.21 Å². The van der Waals surface area contributed by atoms with E-state index < -0.39 is 0 Å². The van der Waals surface area contributed by atoms with Crippen LogP contribution in [0.3, 0.4) is 0 Å². The summed E-state index contributed by atoms with van der Waals surface area (Å²) < 4.78 is 0. The summed E-state index contributed by atoms with van der Waals surface area (Å²) >= 11 is 5.77. The number of aryl methyl sites for hydroxylation is 1. The highest BCUT2D eigenvalue weighted by molar-refractivity contribution is 6.30. The summed E-state index contributed by atoms with van der Waals surface area (Å²) in [4.78, 5) is 4.16. The fourth-order valence-corrected chi connectivity index (χ4v) is 1.13. The van der Waals surface area contributed by atoms with Crippen molar-refractivity contribution in [2.45, 2.75) is 13.8 Å². The topological polar surface area (TPSA) is 12.4 Å². The zero-order chi connectivity index (χ0) is 8.27. The molecule has 0 spiro atoms. The van der Waals surface area contributed by atoms with Crippen LogP contribution in [0.5, 0.6) is 0 Å². The quantitative estimate of drug-likeness (QED) is 0.569. The van der Waals surface area contributed by atoms with Gasteiger partial charge in [-0.25, -0.2) is 0 Å². The molecule has 0 saturated carbocycles. The van der Waals surface area contributed by atoms with Crippen molar-refractivity contribution in [3.05, 3.63) is 28.8 Å². The summed E-state index contributed by atoms with van der Waals surface area (Å²) in [7, 11) is 0. The Morgan fingerprint density at radius 3 is 2.73 bits per heavy atom. The minimum atomic E-state index is 0.762. The molecule has 0 radical (unpaired) electrons. The largest absolute Gasteiger partial charge is 0.261 e. The molecule has 11 heavy (non-hydrogen) atoms. The lowest BCUT2D eigenvalue weighted by Crippen LogP contribution is -1.73. The maximum atomic E-state index is 5.77. The number of rotatable bonds is 1. The number of benzene rings is 1. The summed E-state index contributed by atoms with van der Waals surface area (Å²) in [5.74, 6) is 0. The lowest BCUT2D eigenvalue weighted by molar-refractivity contribution is 1.40. The van der Waals surface area contributed by atoms with E-state index in [2.05, 4.69) is 4.99 Å². The minimum absolute atomic E-state index is 0.762. The Morgan fingerprint density at radius 1 is 1.45 bits per heavy atom. The Morgan fingerprint density at radius 2 is 2.18 bits per heavy atom. The summed E-state index contributed by atoms with van der Waals surface area (Å²) in [6, 6.07) is 5.67. The standard InChI is InChI=1S/C9H10ClN/c1-3-11-9-5-4-8(10)6-7(9)2/h3-6H,1-2H3.